The summed E-state index contributed by atoms with van der Waals surface area (Å²) in [5.74, 6) is 0. The standard InChI is InChI=1S/C14H16N2O4S2/c1-10-3-4-11(2)14(9-10)16-22(19,20)13-7-5-12(6-8-13)21(15,17)18/h3-9,16H,1-2H3,(H2,15,17,18). The van der Waals surface area contributed by atoms with Crippen LogP contribution in [0.5, 0.6) is 0 Å². The molecular formula is C14H16N2O4S2. The lowest BCUT2D eigenvalue weighted by molar-refractivity contribution is 0.595. The maximum absolute atomic E-state index is 12.3. The number of sulfonamides is 2. The monoisotopic (exact) mass is 340 g/mol. The molecule has 0 radical (unpaired) electrons. The van der Waals surface area contributed by atoms with Crippen LogP contribution in [0.2, 0.25) is 0 Å². The van der Waals surface area contributed by atoms with Crippen LogP contribution < -0.4 is 9.86 Å². The Hall–Kier alpha value is -1.90. The summed E-state index contributed by atoms with van der Waals surface area (Å²) in [7, 11) is -7.65. The van der Waals surface area contributed by atoms with Gasteiger partial charge in [-0.25, -0.2) is 22.0 Å². The highest BCUT2D eigenvalue weighted by Crippen LogP contribution is 2.21. The van der Waals surface area contributed by atoms with Crippen LogP contribution >= 0.6 is 0 Å². The lowest BCUT2D eigenvalue weighted by Gasteiger charge is -2.11. The average Bonchev–Trinajstić information content (AvgIpc) is 2.42. The molecule has 0 atom stereocenters. The predicted molar refractivity (Wildman–Crippen MR) is 84.5 cm³/mol. The van der Waals surface area contributed by atoms with E-state index in [-0.39, 0.29) is 9.79 Å². The average molecular weight is 340 g/mol. The maximum Gasteiger partial charge on any atom is 0.261 e. The highest BCUT2D eigenvalue weighted by molar-refractivity contribution is 7.92. The van der Waals surface area contributed by atoms with E-state index in [2.05, 4.69) is 4.72 Å². The molecule has 0 heterocycles. The molecule has 2 aromatic rings. The molecule has 0 aliphatic heterocycles. The van der Waals surface area contributed by atoms with Gasteiger partial charge in [-0.15, -0.1) is 0 Å². The molecule has 0 bridgehead atoms. The molecule has 22 heavy (non-hydrogen) atoms. The lowest BCUT2D eigenvalue weighted by Crippen LogP contribution is -2.15. The van der Waals surface area contributed by atoms with Crippen molar-refractivity contribution in [3.63, 3.8) is 0 Å². The minimum Gasteiger partial charge on any atom is -0.279 e. The van der Waals surface area contributed by atoms with E-state index >= 15 is 0 Å². The van der Waals surface area contributed by atoms with E-state index in [1.807, 2.05) is 19.1 Å². The number of anilines is 1. The molecule has 0 fully saturated rings. The molecule has 0 saturated carbocycles. The first-order valence-corrected chi connectivity index (χ1v) is 9.35. The maximum atomic E-state index is 12.3. The van der Waals surface area contributed by atoms with Crippen LogP contribution in [0.15, 0.2) is 52.3 Å². The second-order valence-corrected chi connectivity index (χ2v) is 8.18. The number of nitrogens with two attached hydrogens (primary N) is 1. The zero-order valence-electron chi connectivity index (χ0n) is 12.1. The van der Waals surface area contributed by atoms with Crippen LogP contribution in [-0.2, 0) is 20.0 Å². The Morgan fingerprint density at radius 2 is 1.41 bits per heavy atom. The second-order valence-electron chi connectivity index (χ2n) is 4.94. The van der Waals surface area contributed by atoms with Crippen molar-refractivity contribution in [3.05, 3.63) is 53.6 Å². The Labute approximate surface area is 130 Å². The molecule has 2 rings (SSSR count). The first kappa shape index (κ1) is 16.5. The van der Waals surface area contributed by atoms with E-state index in [4.69, 9.17) is 5.14 Å². The summed E-state index contributed by atoms with van der Waals surface area (Å²) >= 11 is 0. The minimum absolute atomic E-state index is 0.0409. The summed E-state index contributed by atoms with van der Waals surface area (Å²) in [6.45, 7) is 3.65. The third-order valence-electron chi connectivity index (χ3n) is 3.10. The van der Waals surface area contributed by atoms with Gasteiger partial charge in [0.15, 0.2) is 0 Å². The van der Waals surface area contributed by atoms with E-state index < -0.39 is 20.0 Å². The highest BCUT2D eigenvalue weighted by Gasteiger charge is 2.17. The second kappa shape index (κ2) is 5.71. The summed E-state index contributed by atoms with van der Waals surface area (Å²) in [5.41, 5.74) is 2.19. The van der Waals surface area contributed by atoms with Gasteiger partial charge in [-0.2, -0.15) is 0 Å². The van der Waals surface area contributed by atoms with Crippen molar-refractivity contribution in [2.45, 2.75) is 23.6 Å². The fourth-order valence-electron chi connectivity index (χ4n) is 1.86. The van der Waals surface area contributed by atoms with Crippen molar-refractivity contribution in [3.8, 4) is 0 Å². The smallest absolute Gasteiger partial charge is 0.261 e. The van der Waals surface area contributed by atoms with E-state index in [9.17, 15) is 16.8 Å². The molecule has 118 valence electrons. The van der Waals surface area contributed by atoms with Gasteiger partial charge < -0.3 is 0 Å². The molecule has 0 aromatic heterocycles. The van der Waals surface area contributed by atoms with Gasteiger partial charge >= 0.3 is 0 Å². The Kier molecular flexibility index (Phi) is 4.28. The van der Waals surface area contributed by atoms with E-state index in [0.29, 0.717) is 5.69 Å². The first-order valence-electron chi connectivity index (χ1n) is 6.32. The Morgan fingerprint density at radius 1 is 0.864 bits per heavy atom. The van der Waals surface area contributed by atoms with Crippen molar-refractivity contribution in [2.24, 2.45) is 5.14 Å². The summed E-state index contributed by atoms with van der Waals surface area (Å²) in [6.07, 6.45) is 0. The van der Waals surface area contributed by atoms with Crippen molar-refractivity contribution in [1.82, 2.24) is 0 Å². The van der Waals surface area contributed by atoms with Crippen LogP contribution in [0.3, 0.4) is 0 Å². The predicted octanol–water partition coefficient (Wildman–Crippen LogP) is 1.75. The number of aryl methyl sites for hydroxylation is 2. The summed E-state index contributed by atoms with van der Waals surface area (Å²) < 4.78 is 49.5. The summed E-state index contributed by atoms with van der Waals surface area (Å²) in [4.78, 5) is -0.181. The summed E-state index contributed by atoms with van der Waals surface area (Å²) in [5, 5.41) is 4.98. The quantitative estimate of drug-likeness (QED) is 0.884. The van der Waals surface area contributed by atoms with Gasteiger partial charge in [0, 0.05) is 0 Å². The highest BCUT2D eigenvalue weighted by atomic mass is 32.2. The van der Waals surface area contributed by atoms with E-state index in [0.717, 1.165) is 23.3 Å². The largest absolute Gasteiger partial charge is 0.279 e. The molecule has 2 aromatic carbocycles. The Bertz CT molecular complexity index is 902. The fraction of sp³-hybridized carbons (Fsp3) is 0.143. The van der Waals surface area contributed by atoms with Gasteiger partial charge in [0.25, 0.3) is 10.0 Å². The van der Waals surface area contributed by atoms with Crippen LogP contribution in [0.1, 0.15) is 11.1 Å². The van der Waals surface area contributed by atoms with Crippen molar-refractivity contribution in [1.29, 1.82) is 0 Å². The molecule has 3 N–H and O–H groups in total. The number of nitrogens with one attached hydrogen (secondary N) is 1. The molecule has 8 heteroatoms. The van der Waals surface area contributed by atoms with Gasteiger partial charge in [0.2, 0.25) is 10.0 Å². The Morgan fingerprint density at radius 3 is 1.95 bits per heavy atom. The molecule has 0 spiro atoms. The number of primary sulfonamides is 1. The van der Waals surface area contributed by atoms with Crippen LogP contribution in [0, 0.1) is 13.8 Å². The van der Waals surface area contributed by atoms with Crippen LogP contribution in [-0.4, -0.2) is 16.8 Å². The summed E-state index contributed by atoms with van der Waals surface area (Å²) in [6, 6.07) is 10.2. The van der Waals surface area contributed by atoms with Gasteiger partial charge in [-0.05, 0) is 55.3 Å². The van der Waals surface area contributed by atoms with Crippen LogP contribution in [0.25, 0.3) is 0 Å². The molecular weight excluding hydrogens is 324 g/mol. The lowest BCUT2D eigenvalue weighted by atomic mass is 10.1. The minimum atomic E-state index is -3.85. The van der Waals surface area contributed by atoms with Gasteiger partial charge in [0.1, 0.15) is 0 Å². The number of benzene rings is 2. The third kappa shape index (κ3) is 3.65. The molecule has 6 nitrogen and oxygen atoms in total. The Balaban J connectivity index is 2.37. The zero-order chi connectivity index (χ0) is 16.5. The SMILES string of the molecule is Cc1ccc(C)c(NS(=O)(=O)c2ccc(S(N)(=O)=O)cc2)c1. The molecule has 0 aliphatic rings. The van der Waals surface area contributed by atoms with Gasteiger partial charge in [-0.3, -0.25) is 4.72 Å². The number of rotatable bonds is 4. The van der Waals surface area contributed by atoms with Gasteiger partial charge in [0.05, 0.1) is 15.5 Å². The first-order chi connectivity index (χ1) is 10.1. The topological polar surface area (TPSA) is 106 Å². The van der Waals surface area contributed by atoms with Crippen molar-refractivity contribution in [2.75, 3.05) is 4.72 Å². The third-order valence-corrected chi connectivity index (χ3v) is 5.41. The normalized spacial score (nSPS) is 12.1. The number of hydrogen-bond acceptors (Lipinski definition) is 4. The van der Waals surface area contributed by atoms with Crippen LogP contribution in [0.4, 0.5) is 5.69 Å². The van der Waals surface area contributed by atoms with Crippen molar-refractivity contribution >= 4 is 25.7 Å². The molecule has 0 saturated heterocycles. The van der Waals surface area contributed by atoms with E-state index in [1.54, 1.807) is 13.0 Å². The molecule has 0 aliphatic carbocycles. The molecule has 0 amide bonds. The number of hydrogen-bond donors (Lipinski definition) is 2. The molecule has 0 unspecified atom stereocenters. The fourth-order valence-corrected chi connectivity index (χ4v) is 3.50. The van der Waals surface area contributed by atoms with Gasteiger partial charge in [-0.1, -0.05) is 12.1 Å². The van der Waals surface area contributed by atoms with Crippen molar-refractivity contribution < 1.29 is 16.8 Å². The zero-order valence-corrected chi connectivity index (χ0v) is 13.7. The van der Waals surface area contributed by atoms with E-state index in [1.165, 1.54) is 12.1 Å².